The lowest BCUT2D eigenvalue weighted by atomic mass is 10.2. The maximum atomic E-state index is 12.8. The Bertz CT molecular complexity index is 722. The third-order valence-corrected chi connectivity index (χ3v) is 4.76. The number of aryl methyl sites for hydroxylation is 2. The number of aromatic nitrogens is 1. The second-order valence-corrected chi connectivity index (χ2v) is 6.46. The van der Waals surface area contributed by atoms with Crippen molar-refractivity contribution in [1.82, 2.24) is 15.0 Å². The van der Waals surface area contributed by atoms with E-state index in [1.807, 2.05) is 36.9 Å². The van der Waals surface area contributed by atoms with E-state index in [9.17, 15) is 4.79 Å². The first-order chi connectivity index (χ1) is 12.1. The zero-order valence-corrected chi connectivity index (χ0v) is 15.1. The molecule has 0 spiro atoms. The van der Waals surface area contributed by atoms with Gasteiger partial charge in [-0.05, 0) is 38.5 Å². The van der Waals surface area contributed by atoms with E-state index < -0.39 is 0 Å². The summed E-state index contributed by atoms with van der Waals surface area (Å²) < 4.78 is 10.5. The fourth-order valence-electron chi connectivity index (χ4n) is 3.22. The average Bonchev–Trinajstić information content (AvgIpc) is 2.83. The maximum absolute atomic E-state index is 12.8. The Morgan fingerprint density at radius 2 is 2.08 bits per heavy atom. The summed E-state index contributed by atoms with van der Waals surface area (Å²) in [5, 5.41) is 4.03. The summed E-state index contributed by atoms with van der Waals surface area (Å²) >= 11 is 0. The Hall–Kier alpha value is -2.34. The van der Waals surface area contributed by atoms with Crippen LogP contribution in [0.15, 0.2) is 28.8 Å². The highest BCUT2D eigenvalue weighted by Gasteiger charge is 2.22. The van der Waals surface area contributed by atoms with Crippen LogP contribution in [0.1, 0.15) is 33.8 Å². The van der Waals surface area contributed by atoms with Gasteiger partial charge in [0.1, 0.15) is 11.5 Å². The summed E-state index contributed by atoms with van der Waals surface area (Å²) in [5.41, 5.74) is 2.79. The number of nitrogens with zero attached hydrogens (tertiary/aromatic N) is 3. The molecule has 1 aromatic carbocycles. The molecule has 1 saturated heterocycles. The number of carbonyl (C=O) groups excluding carboxylic acids is 1. The maximum Gasteiger partial charge on any atom is 0.254 e. The van der Waals surface area contributed by atoms with Gasteiger partial charge in [0.05, 0.1) is 12.8 Å². The average molecular weight is 343 g/mol. The van der Waals surface area contributed by atoms with E-state index in [0.29, 0.717) is 11.3 Å². The van der Waals surface area contributed by atoms with Gasteiger partial charge in [0, 0.05) is 43.9 Å². The normalized spacial score (nSPS) is 15.9. The second kappa shape index (κ2) is 7.70. The van der Waals surface area contributed by atoms with Gasteiger partial charge in [-0.1, -0.05) is 11.2 Å². The summed E-state index contributed by atoms with van der Waals surface area (Å²) in [6.45, 7) is 8.05. The third kappa shape index (κ3) is 4.02. The van der Waals surface area contributed by atoms with Crippen molar-refractivity contribution < 1.29 is 14.1 Å². The van der Waals surface area contributed by atoms with Crippen LogP contribution in [0.25, 0.3) is 0 Å². The Morgan fingerprint density at radius 3 is 2.80 bits per heavy atom. The Kier molecular flexibility index (Phi) is 5.38. The Labute approximate surface area is 148 Å². The molecule has 1 aromatic heterocycles. The molecule has 1 aliphatic rings. The van der Waals surface area contributed by atoms with E-state index in [-0.39, 0.29) is 5.91 Å². The number of hydrogen-bond acceptors (Lipinski definition) is 5. The number of benzene rings is 1. The standard InChI is InChI=1S/C19H25N3O3/c1-14-18(15(2)25-20-14)13-21-8-5-9-22(11-10-21)19(23)16-6-4-7-17(12-16)24-3/h4,6-7,12H,5,8-11,13H2,1-3H3. The molecule has 2 heterocycles. The van der Waals surface area contributed by atoms with Gasteiger partial charge in [-0.25, -0.2) is 0 Å². The molecule has 6 nitrogen and oxygen atoms in total. The van der Waals surface area contributed by atoms with Crippen LogP contribution in [0.2, 0.25) is 0 Å². The minimum Gasteiger partial charge on any atom is -0.497 e. The molecule has 134 valence electrons. The lowest BCUT2D eigenvalue weighted by Gasteiger charge is -2.22. The summed E-state index contributed by atoms with van der Waals surface area (Å²) in [5.74, 6) is 1.66. The topological polar surface area (TPSA) is 58.8 Å². The van der Waals surface area contributed by atoms with Crippen molar-refractivity contribution in [2.75, 3.05) is 33.3 Å². The van der Waals surface area contributed by atoms with Crippen LogP contribution in [0.5, 0.6) is 5.75 Å². The molecule has 0 unspecified atom stereocenters. The highest BCUT2D eigenvalue weighted by molar-refractivity contribution is 5.94. The highest BCUT2D eigenvalue weighted by Crippen LogP contribution is 2.18. The van der Waals surface area contributed by atoms with Gasteiger partial charge >= 0.3 is 0 Å². The number of methoxy groups -OCH3 is 1. The van der Waals surface area contributed by atoms with E-state index in [2.05, 4.69) is 10.1 Å². The summed E-state index contributed by atoms with van der Waals surface area (Å²) in [7, 11) is 1.61. The van der Waals surface area contributed by atoms with Crippen molar-refractivity contribution >= 4 is 5.91 Å². The van der Waals surface area contributed by atoms with Crippen LogP contribution in [-0.4, -0.2) is 54.2 Å². The second-order valence-electron chi connectivity index (χ2n) is 6.46. The molecule has 0 aliphatic carbocycles. The molecule has 3 rings (SSSR count). The van der Waals surface area contributed by atoms with Crippen LogP contribution >= 0.6 is 0 Å². The monoisotopic (exact) mass is 343 g/mol. The van der Waals surface area contributed by atoms with E-state index in [4.69, 9.17) is 9.26 Å². The lowest BCUT2D eigenvalue weighted by molar-refractivity contribution is 0.0760. The fourth-order valence-corrected chi connectivity index (χ4v) is 3.22. The van der Waals surface area contributed by atoms with Gasteiger partial charge in [-0.3, -0.25) is 9.69 Å². The lowest BCUT2D eigenvalue weighted by Crippen LogP contribution is -2.35. The molecule has 0 N–H and O–H groups in total. The summed E-state index contributed by atoms with van der Waals surface area (Å²) in [4.78, 5) is 17.1. The first-order valence-electron chi connectivity index (χ1n) is 8.66. The predicted octanol–water partition coefficient (Wildman–Crippen LogP) is 2.65. The third-order valence-electron chi connectivity index (χ3n) is 4.76. The van der Waals surface area contributed by atoms with Crippen molar-refractivity contribution in [1.29, 1.82) is 0 Å². The quantitative estimate of drug-likeness (QED) is 0.854. The Morgan fingerprint density at radius 1 is 1.24 bits per heavy atom. The number of carbonyl (C=O) groups is 1. The largest absolute Gasteiger partial charge is 0.497 e. The minimum atomic E-state index is 0.0677. The zero-order valence-electron chi connectivity index (χ0n) is 15.1. The molecule has 25 heavy (non-hydrogen) atoms. The smallest absolute Gasteiger partial charge is 0.254 e. The first kappa shape index (κ1) is 17.5. The number of ether oxygens (including phenoxy) is 1. The predicted molar refractivity (Wildman–Crippen MR) is 94.8 cm³/mol. The SMILES string of the molecule is COc1cccc(C(=O)N2CCCN(Cc3c(C)noc3C)CC2)c1. The van der Waals surface area contributed by atoms with Crippen LogP contribution in [-0.2, 0) is 6.54 Å². The molecule has 0 saturated carbocycles. The molecule has 1 aliphatic heterocycles. The van der Waals surface area contributed by atoms with Gasteiger partial charge in [-0.2, -0.15) is 0 Å². The van der Waals surface area contributed by atoms with Crippen molar-refractivity contribution in [2.24, 2.45) is 0 Å². The molecular weight excluding hydrogens is 318 g/mol. The van der Waals surface area contributed by atoms with Crippen molar-refractivity contribution in [2.45, 2.75) is 26.8 Å². The van der Waals surface area contributed by atoms with Crippen molar-refractivity contribution in [3.8, 4) is 5.75 Å². The van der Waals surface area contributed by atoms with Crippen molar-refractivity contribution in [3.63, 3.8) is 0 Å². The first-order valence-corrected chi connectivity index (χ1v) is 8.66. The number of rotatable bonds is 4. The number of hydrogen-bond donors (Lipinski definition) is 0. The van der Waals surface area contributed by atoms with E-state index in [1.165, 1.54) is 0 Å². The summed E-state index contributed by atoms with van der Waals surface area (Å²) in [6.07, 6.45) is 0.957. The van der Waals surface area contributed by atoms with Gasteiger partial charge in [0.25, 0.3) is 5.91 Å². The van der Waals surface area contributed by atoms with Crippen LogP contribution < -0.4 is 4.74 Å². The fraction of sp³-hybridized carbons (Fsp3) is 0.474. The van der Waals surface area contributed by atoms with E-state index in [1.54, 1.807) is 13.2 Å². The zero-order chi connectivity index (χ0) is 17.8. The van der Waals surface area contributed by atoms with Crippen LogP contribution in [0.4, 0.5) is 0 Å². The molecule has 0 radical (unpaired) electrons. The van der Waals surface area contributed by atoms with Crippen LogP contribution in [0.3, 0.4) is 0 Å². The molecule has 1 amide bonds. The molecular formula is C19H25N3O3. The van der Waals surface area contributed by atoms with Crippen molar-refractivity contribution in [3.05, 3.63) is 46.8 Å². The Balaban J connectivity index is 1.64. The number of amides is 1. The highest BCUT2D eigenvalue weighted by atomic mass is 16.5. The minimum absolute atomic E-state index is 0.0677. The van der Waals surface area contributed by atoms with E-state index >= 15 is 0 Å². The van der Waals surface area contributed by atoms with E-state index in [0.717, 1.165) is 56.2 Å². The molecule has 0 bridgehead atoms. The molecule has 1 fully saturated rings. The van der Waals surface area contributed by atoms with Crippen LogP contribution in [0, 0.1) is 13.8 Å². The molecule has 0 atom stereocenters. The molecule has 6 heteroatoms. The van der Waals surface area contributed by atoms with Gasteiger partial charge in [0.15, 0.2) is 0 Å². The van der Waals surface area contributed by atoms with Gasteiger partial charge < -0.3 is 14.2 Å². The molecule has 2 aromatic rings. The van der Waals surface area contributed by atoms with Gasteiger partial charge in [-0.15, -0.1) is 0 Å². The van der Waals surface area contributed by atoms with Gasteiger partial charge in [0.2, 0.25) is 0 Å². The summed E-state index contributed by atoms with van der Waals surface area (Å²) in [6, 6.07) is 7.35.